The first kappa shape index (κ1) is 13.6. The predicted molar refractivity (Wildman–Crippen MR) is 71.4 cm³/mol. The summed E-state index contributed by atoms with van der Waals surface area (Å²) in [7, 11) is 1.52. The summed E-state index contributed by atoms with van der Waals surface area (Å²) in [5.74, 6) is 1.37. The molecule has 1 N–H and O–H groups in total. The van der Waals surface area contributed by atoms with Gasteiger partial charge in [0.05, 0.1) is 7.11 Å². The third-order valence-electron chi connectivity index (χ3n) is 2.14. The summed E-state index contributed by atoms with van der Waals surface area (Å²) in [6, 6.07) is 5.34. The number of thioether (sulfide) groups is 1. The van der Waals surface area contributed by atoms with Crippen molar-refractivity contribution in [1.29, 1.82) is 0 Å². The summed E-state index contributed by atoms with van der Waals surface area (Å²) >= 11 is 1.30. The highest BCUT2D eigenvalue weighted by Gasteiger charge is 2.03. The van der Waals surface area contributed by atoms with Crippen LogP contribution < -0.4 is 4.74 Å². The highest BCUT2D eigenvalue weighted by Crippen LogP contribution is 2.30. The van der Waals surface area contributed by atoms with E-state index in [9.17, 15) is 9.90 Å². The van der Waals surface area contributed by atoms with Gasteiger partial charge in [-0.1, -0.05) is 36.0 Å². The number of phenolic OH excluding ortho intramolecular Hbond substituents is 1. The van der Waals surface area contributed by atoms with E-state index in [1.807, 2.05) is 24.3 Å². The molecule has 1 aromatic rings. The molecule has 0 aromatic heterocycles. The second kappa shape index (κ2) is 7.01. The minimum absolute atomic E-state index is 0.127. The fourth-order valence-corrected chi connectivity index (χ4v) is 1.86. The number of aromatic hydroxyl groups is 1. The minimum Gasteiger partial charge on any atom is -0.504 e. The van der Waals surface area contributed by atoms with Crippen LogP contribution in [0.25, 0.3) is 6.08 Å². The molecule has 0 aliphatic heterocycles. The monoisotopic (exact) mass is 252 g/mol. The first-order chi connectivity index (χ1) is 8.15. The van der Waals surface area contributed by atoms with Gasteiger partial charge in [-0.05, 0) is 12.5 Å². The van der Waals surface area contributed by atoms with Crippen LogP contribution in [-0.4, -0.2) is 23.1 Å². The lowest BCUT2D eigenvalue weighted by atomic mass is 10.1. The van der Waals surface area contributed by atoms with Crippen LogP contribution in [0.3, 0.4) is 0 Å². The topological polar surface area (TPSA) is 46.5 Å². The highest BCUT2D eigenvalue weighted by molar-refractivity contribution is 8.13. The van der Waals surface area contributed by atoms with Crippen molar-refractivity contribution in [2.45, 2.75) is 13.3 Å². The average Bonchev–Trinajstić information content (AvgIpc) is 2.30. The van der Waals surface area contributed by atoms with Crippen LogP contribution in [-0.2, 0) is 4.79 Å². The zero-order valence-electron chi connectivity index (χ0n) is 9.97. The van der Waals surface area contributed by atoms with Gasteiger partial charge in [0.2, 0.25) is 0 Å². The summed E-state index contributed by atoms with van der Waals surface area (Å²) in [4.78, 5) is 10.7. The van der Waals surface area contributed by atoms with Crippen LogP contribution in [0.15, 0.2) is 24.3 Å². The summed E-state index contributed by atoms with van der Waals surface area (Å²) in [6.07, 6.45) is 4.56. The van der Waals surface area contributed by atoms with Gasteiger partial charge in [-0.3, -0.25) is 4.79 Å². The van der Waals surface area contributed by atoms with Crippen LogP contribution in [0.1, 0.15) is 18.9 Å². The molecule has 0 saturated carbocycles. The molecule has 1 aromatic carbocycles. The van der Waals surface area contributed by atoms with E-state index in [1.54, 1.807) is 13.0 Å². The Kier molecular flexibility index (Phi) is 5.63. The Morgan fingerprint density at radius 3 is 2.94 bits per heavy atom. The molecular formula is C13H16O3S. The molecule has 0 heterocycles. The van der Waals surface area contributed by atoms with E-state index in [1.165, 1.54) is 18.9 Å². The second-order valence-electron chi connectivity index (χ2n) is 3.43. The fourth-order valence-electron chi connectivity index (χ4n) is 1.32. The molecule has 0 fully saturated rings. The molecule has 0 saturated heterocycles. The average molecular weight is 252 g/mol. The van der Waals surface area contributed by atoms with Crippen LogP contribution in [0.4, 0.5) is 0 Å². The number of benzene rings is 1. The van der Waals surface area contributed by atoms with Crippen molar-refractivity contribution >= 4 is 23.0 Å². The standard InChI is InChI=1S/C13H16O3S/c1-10(14)17-9-4-3-6-11-7-5-8-12(16-2)13(11)15/h3,5-8,15H,4,9H2,1-2H3. The Morgan fingerprint density at radius 1 is 1.53 bits per heavy atom. The van der Waals surface area contributed by atoms with Gasteiger partial charge in [0.25, 0.3) is 0 Å². The van der Waals surface area contributed by atoms with Crippen molar-refractivity contribution in [2.24, 2.45) is 0 Å². The van der Waals surface area contributed by atoms with E-state index in [2.05, 4.69) is 0 Å². The zero-order chi connectivity index (χ0) is 12.7. The molecule has 0 radical (unpaired) electrons. The number of carbonyl (C=O) groups is 1. The first-order valence-electron chi connectivity index (χ1n) is 5.31. The summed E-state index contributed by atoms with van der Waals surface area (Å²) in [5, 5.41) is 9.93. The number of para-hydroxylation sites is 1. The van der Waals surface area contributed by atoms with Gasteiger partial charge in [0.15, 0.2) is 16.6 Å². The smallest absolute Gasteiger partial charge is 0.185 e. The Labute approximate surface area is 105 Å². The van der Waals surface area contributed by atoms with Gasteiger partial charge in [-0.25, -0.2) is 0 Å². The quantitative estimate of drug-likeness (QED) is 0.818. The molecule has 0 amide bonds. The van der Waals surface area contributed by atoms with E-state index in [0.717, 1.165) is 17.7 Å². The summed E-state index contributed by atoms with van der Waals surface area (Å²) in [6.45, 7) is 1.56. The largest absolute Gasteiger partial charge is 0.504 e. The second-order valence-corrected chi connectivity index (χ2v) is 4.70. The van der Waals surface area contributed by atoms with E-state index < -0.39 is 0 Å². The minimum atomic E-state index is 0.127. The molecular weight excluding hydrogens is 236 g/mol. The number of methoxy groups -OCH3 is 1. The van der Waals surface area contributed by atoms with E-state index in [0.29, 0.717) is 5.75 Å². The Morgan fingerprint density at radius 2 is 2.29 bits per heavy atom. The van der Waals surface area contributed by atoms with E-state index in [4.69, 9.17) is 4.74 Å². The van der Waals surface area contributed by atoms with Crippen LogP contribution in [0.5, 0.6) is 11.5 Å². The summed E-state index contributed by atoms with van der Waals surface area (Å²) in [5.41, 5.74) is 0.720. The maximum absolute atomic E-state index is 10.7. The zero-order valence-corrected chi connectivity index (χ0v) is 10.8. The third kappa shape index (κ3) is 4.53. The van der Waals surface area contributed by atoms with E-state index >= 15 is 0 Å². The van der Waals surface area contributed by atoms with E-state index in [-0.39, 0.29) is 10.9 Å². The lowest BCUT2D eigenvalue weighted by molar-refractivity contribution is -0.109. The molecule has 3 nitrogen and oxygen atoms in total. The summed E-state index contributed by atoms with van der Waals surface area (Å²) < 4.78 is 5.01. The maximum Gasteiger partial charge on any atom is 0.185 e. The van der Waals surface area contributed by atoms with Crippen LogP contribution >= 0.6 is 11.8 Å². The molecule has 1 rings (SSSR count). The van der Waals surface area contributed by atoms with Gasteiger partial charge < -0.3 is 9.84 Å². The lowest BCUT2D eigenvalue weighted by Gasteiger charge is -2.05. The number of hydrogen-bond acceptors (Lipinski definition) is 4. The number of hydrogen-bond donors (Lipinski definition) is 1. The maximum atomic E-state index is 10.7. The number of ether oxygens (including phenoxy) is 1. The van der Waals surface area contributed by atoms with Crippen molar-refractivity contribution in [1.82, 2.24) is 0 Å². The number of rotatable bonds is 5. The van der Waals surface area contributed by atoms with Gasteiger partial charge in [-0.15, -0.1) is 0 Å². The van der Waals surface area contributed by atoms with Crippen LogP contribution in [0.2, 0.25) is 0 Å². The van der Waals surface area contributed by atoms with Crippen molar-refractivity contribution in [3.63, 3.8) is 0 Å². The van der Waals surface area contributed by atoms with Crippen molar-refractivity contribution in [3.05, 3.63) is 29.8 Å². The number of allylic oxidation sites excluding steroid dienone is 1. The van der Waals surface area contributed by atoms with Gasteiger partial charge in [0, 0.05) is 18.2 Å². The predicted octanol–water partition coefficient (Wildman–Crippen LogP) is 3.08. The molecule has 92 valence electrons. The molecule has 0 atom stereocenters. The van der Waals surface area contributed by atoms with Crippen molar-refractivity contribution in [3.8, 4) is 11.5 Å². The lowest BCUT2D eigenvalue weighted by Crippen LogP contribution is -1.85. The normalized spacial score (nSPS) is 10.7. The van der Waals surface area contributed by atoms with Gasteiger partial charge in [0.1, 0.15) is 0 Å². The van der Waals surface area contributed by atoms with Gasteiger partial charge in [-0.2, -0.15) is 0 Å². The van der Waals surface area contributed by atoms with Crippen molar-refractivity contribution in [2.75, 3.05) is 12.9 Å². The molecule has 0 bridgehead atoms. The molecule has 0 aliphatic rings. The molecule has 0 unspecified atom stereocenters. The SMILES string of the molecule is COc1cccc(C=CCCSC(C)=O)c1O. The molecule has 0 spiro atoms. The Bertz CT molecular complexity index is 413. The first-order valence-corrected chi connectivity index (χ1v) is 6.29. The number of phenols is 1. The van der Waals surface area contributed by atoms with Crippen molar-refractivity contribution < 1.29 is 14.6 Å². The van der Waals surface area contributed by atoms with Crippen LogP contribution in [0, 0.1) is 0 Å². The molecule has 17 heavy (non-hydrogen) atoms. The Hall–Kier alpha value is -1.42. The third-order valence-corrected chi connectivity index (χ3v) is 2.98. The molecule has 4 heteroatoms. The fraction of sp³-hybridized carbons (Fsp3) is 0.308. The molecule has 0 aliphatic carbocycles. The Balaban J connectivity index is 2.56. The van der Waals surface area contributed by atoms with Gasteiger partial charge >= 0.3 is 0 Å². The highest BCUT2D eigenvalue weighted by atomic mass is 32.2. The number of carbonyl (C=O) groups excluding carboxylic acids is 1.